The molecule has 0 bridgehead atoms. The van der Waals surface area contributed by atoms with Crippen LogP contribution in [0.4, 0.5) is 0 Å². The van der Waals surface area contributed by atoms with Crippen molar-refractivity contribution in [1.29, 1.82) is 0 Å². The minimum Gasteiger partial charge on any atom is -0.352 e. The number of halogens is 1. The fourth-order valence-electron chi connectivity index (χ4n) is 3.28. The van der Waals surface area contributed by atoms with Crippen LogP contribution in [-0.2, 0) is 0 Å². The van der Waals surface area contributed by atoms with Gasteiger partial charge in [-0.3, -0.25) is 4.79 Å². The Bertz CT molecular complexity index is 723. The highest BCUT2D eigenvalue weighted by Gasteiger charge is 2.18. The topological polar surface area (TPSA) is 41.1 Å². The van der Waals surface area contributed by atoms with Crippen molar-refractivity contribution < 1.29 is 4.79 Å². The molecule has 0 spiro atoms. The molecular formula is C20H23ClN2O. The lowest BCUT2D eigenvalue weighted by Gasteiger charge is -2.23. The van der Waals surface area contributed by atoms with Crippen molar-refractivity contribution in [3.63, 3.8) is 0 Å². The summed E-state index contributed by atoms with van der Waals surface area (Å²) in [6.45, 7) is 4.80. The third-order valence-electron chi connectivity index (χ3n) is 4.65. The van der Waals surface area contributed by atoms with Gasteiger partial charge in [0.15, 0.2) is 0 Å². The summed E-state index contributed by atoms with van der Waals surface area (Å²) in [7, 11) is 0. The largest absolute Gasteiger partial charge is 0.352 e. The summed E-state index contributed by atoms with van der Waals surface area (Å²) in [5, 5.41) is 7.16. The van der Waals surface area contributed by atoms with Gasteiger partial charge in [-0.15, -0.1) is 0 Å². The minimum atomic E-state index is 0.00149. The first-order chi connectivity index (χ1) is 11.6. The first-order valence-electron chi connectivity index (χ1n) is 8.49. The number of benzene rings is 2. The molecule has 0 aromatic heterocycles. The van der Waals surface area contributed by atoms with Gasteiger partial charge in [0.1, 0.15) is 0 Å². The number of amides is 1. The molecule has 0 saturated carbocycles. The van der Waals surface area contributed by atoms with Crippen molar-refractivity contribution in [2.24, 2.45) is 5.92 Å². The van der Waals surface area contributed by atoms with E-state index < -0.39 is 0 Å². The zero-order valence-electron chi connectivity index (χ0n) is 13.9. The standard InChI is InChI=1S/C20H23ClN2O/c1-14-4-2-7-18(16-5-3-6-17(21)12-16)19(14)20(24)23-13-15-8-10-22-11-9-15/h2-7,12,15,22H,8-11,13H2,1H3,(H,23,24). The highest BCUT2D eigenvalue weighted by Crippen LogP contribution is 2.28. The van der Waals surface area contributed by atoms with Crippen LogP contribution in [0.15, 0.2) is 42.5 Å². The number of aryl methyl sites for hydroxylation is 1. The Labute approximate surface area is 148 Å². The van der Waals surface area contributed by atoms with Crippen LogP contribution in [-0.4, -0.2) is 25.5 Å². The molecule has 24 heavy (non-hydrogen) atoms. The molecule has 3 rings (SSSR count). The summed E-state index contributed by atoms with van der Waals surface area (Å²) in [6.07, 6.45) is 2.24. The molecule has 1 heterocycles. The number of carbonyl (C=O) groups is 1. The zero-order valence-corrected chi connectivity index (χ0v) is 14.7. The van der Waals surface area contributed by atoms with Crippen LogP contribution in [0, 0.1) is 12.8 Å². The predicted molar refractivity (Wildman–Crippen MR) is 99.6 cm³/mol. The van der Waals surface area contributed by atoms with Gasteiger partial charge in [-0.1, -0.05) is 41.9 Å². The molecule has 1 saturated heterocycles. The maximum Gasteiger partial charge on any atom is 0.252 e. The van der Waals surface area contributed by atoms with Crippen molar-refractivity contribution in [3.05, 3.63) is 58.6 Å². The second kappa shape index (κ2) is 7.82. The Kier molecular flexibility index (Phi) is 5.54. The molecule has 2 N–H and O–H groups in total. The van der Waals surface area contributed by atoms with Gasteiger partial charge in [0, 0.05) is 11.6 Å². The van der Waals surface area contributed by atoms with Crippen LogP contribution in [0.25, 0.3) is 11.1 Å². The van der Waals surface area contributed by atoms with E-state index in [4.69, 9.17) is 11.6 Å². The van der Waals surface area contributed by atoms with Crippen molar-refractivity contribution >= 4 is 17.5 Å². The van der Waals surface area contributed by atoms with Crippen LogP contribution in [0.1, 0.15) is 28.8 Å². The van der Waals surface area contributed by atoms with E-state index in [9.17, 15) is 4.79 Å². The minimum absolute atomic E-state index is 0.00149. The zero-order chi connectivity index (χ0) is 16.9. The molecule has 1 aliphatic heterocycles. The summed E-state index contributed by atoms with van der Waals surface area (Å²) in [4.78, 5) is 12.8. The Hall–Kier alpha value is -1.84. The van der Waals surface area contributed by atoms with E-state index in [1.54, 1.807) is 0 Å². The molecule has 0 radical (unpaired) electrons. The van der Waals surface area contributed by atoms with E-state index in [1.165, 1.54) is 0 Å². The SMILES string of the molecule is Cc1cccc(-c2cccc(Cl)c2)c1C(=O)NCC1CCNCC1. The second-order valence-corrected chi connectivity index (χ2v) is 6.85. The summed E-state index contributed by atoms with van der Waals surface area (Å²) in [5.41, 5.74) is 3.63. The molecule has 126 valence electrons. The Morgan fingerprint density at radius 1 is 1.21 bits per heavy atom. The van der Waals surface area contributed by atoms with E-state index in [1.807, 2.05) is 49.4 Å². The molecule has 0 unspecified atom stereocenters. The van der Waals surface area contributed by atoms with E-state index in [0.717, 1.165) is 54.7 Å². The normalized spacial score (nSPS) is 15.2. The lowest BCUT2D eigenvalue weighted by atomic mass is 9.94. The molecular weight excluding hydrogens is 320 g/mol. The highest BCUT2D eigenvalue weighted by molar-refractivity contribution is 6.30. The van der Waals surface area contributed by atoms with Gasteiger partial charge in [-0.2, -0.15) is 0 Å². The highest BCUT2D eigenvalue weighted by atomic mass is 35.5. The van der Waals surface area contributed by atoms with Gasteiger partial charge in [-0.25, -0.2) is 0 Å². The van der Waals surface area contributed by atoms with Crippen LogP contribution >= 0.6 is 11.6 Å². The lowest BCUT2D eigenvalue weighted by Crippen LogP contribution is -2.36. The van der Waals surface area contributed by atoms with Gasteiger partial charge in [0.2, 0.25) is 0 Å². The number of hydrogen-bond acceptors (Lipinski definition) is 2. The predicted octanol–water partition coefficient (Wildman–Crippen LogP) is 4.04. The fraction of sp³-hybridized carbons (Fsp3) is 0.350. The van der Waals surface area contributed by atoms with E-state index in [0.29, 0.717) is 10.9 Å². The molecule has 1 fully saturated rings. The molecule has 1 aliphatic rings. The maximum atomic E-state index is 12.8. The van der Waals surface area contributed by atoms with Crippen molar-refractivity contribution in [1.82, 2.24) is 10.6 Å². The maximum absolute atomic E-state index is 12.8. The van der Waals surface area contributed by atoms with Gasteiger partial charge in [0.25, 0.3) is 5.91 Å². The average molecular weight is 343 g/mol. The van der Waals surface area contributed by atoms with Gasteiger partial charge in [-0.05, 0) is 67.6 Å². The van der Waals surface area contributed by atoms with Crippen LogP contribution < -0.4 is 10.6 Å². The number of hydrogen-bond donors (Lipinski definition) is 2. The summed E-state index contributed by atoms with van der Waals surface area (Å²) in [5.74, 6) is 0.565. The Balaban J connectivity index is 1.82. The molecule has 2 aromatic carbocycles. The Morgan fingerprint density at radius 3 is 2.71 bits per heavy atom. The lowest BCUT2D eigenvalue weighted by molar-refractivity contribution is 0.0944. The summed E-state index contributed by atoms with van der Waals surface area (Å²) >= 11 is 6.12. The smallest absolute Gasteiger partial charge is 0.252 e. The Morgan fingerprint density at radius 2 is 1.96 bits per heavy atom. The second-order valence-electron chi connectivity index (χ2n) is 6.41. The molecule has 3 nitrogen and oxygen atoms in total. The van der Waals surface area contributed by atoms with E-state index in [2.05, 4.69) is 10.6 Å². The third kappa shape index (κ3) is 3.97. The fourth-order valence-corrected chi connectivity index (χ4v) is 3.47. The summed E-state index contributed by atoms with van der Waals surface area (Å²) in [6, 6.07) is 13.6. The molecule has 2 aromatic rings. The van der Waals surface area contributed by atoms with Crippen LogP contribution in [0.5, 0.6) is 0 Å². The van der Waals surface area contributed by atoms with Crippen molar-refractivity contribution in [2.75, 3.05) is 19.6 Å². The number of piperidine rings is 1. The van der Waals surface area contributed by atoms with Gasteiger partial charge < -0.3 is 10.6 Å². The van der Waals surface area contributed by atoms with E-state index in [-0.39, 0.29) is 5.91 Å². The van der Waals surface area contributed by atoms with Crippen molar-refractivity contribution in [2.45, 2.75) is 19.8 Å². The van der Waals surface area contributed by atoms with Gasteiger partial charge in [0.05, 0.1) is 5.56 Å². The number of carbonyl (C=O) groups excluding carboxylic acids is 1. The van der Waals surface area contributed by atoms with E-state index >= 15 is 0 Å². The monoisotopic (exact) mass is 342 g/mol. The molecule has 0 atom stereocenters. The molecule has 1 amide bonds. The van der Waals surface area contributed by atoms with Crippen LogP contribution in [0.2, 0.25) is 5.02 Å². The molecule has 4 heteroatoms. The first-order valence-corrected chi connectivity index (χ1v) is 8.87. The average Bonchev–Trinajstić information content (AvgIpc) is 2.60. The molecule has 0 aliphatic carbocycles. The third-order valence-corrected chi connectivity index (χ3v) is 4.88. The quantitative estimate of drug-likeness (QED) is 0.880. The first kappa shape index (κ1) is 17.0. The number of nitrogens with one attached hydrogen (secondary N) is 2. The van der Waals surface area contributed by atoms with Crippen LogP contribution in [0.3, 0.4) is 0 Å². The summed E-state index contributed by atoms with van der Waals surface area (Å²) < 4.78 is 0. The van der Waals surface area contributed by atoms with Gasteiger partial charge >= 0.3 is 0 Å². The number of rotatable bonds is 4. The van der Waals surface area contributed by atoms with Crippen molar-refractivity contribution in [3.8, 4) is 11.1 Å².